The highest BCUT2D eigenvalue weighted by molar-refractivity contribution is 9.10. The van der Waals surface area contributed by atoms with Gasteiger partial charge in [-0.05, 0) is 84.9 Å². The molecule has 38 heavy (non-hydrogen) atoms. The number of carbonyl (C=O) groups excluding carboxylic acids is 1. The minimum absolute atomic E-state index is 0.208. The summed E-state index contributed by atoms with van der Waals surface area (Å²) in [7, 11) is 1.61. The van der Waals surface area contributed by atoms with Crippen molar-refractivity contribution >= 4 is 45.2 Å². The van der Waals surface area contributed by atoms with Gasteiger partial charge in [0.15, 0.2) is 11.5 Å². The number of amides is 1. The van der Waals surface area contributed by atoms with Crippen LogP contribution in [-0.4, -0.2) is 40.1 Å². The molecule has 0 bridgehead atoms. The van der Waals surface area contributed by atoms with Crippen molar-refractivity contribution in [2.24, 2.45) is 0 Å². The predicted molar refractivity (Wildman–Crippen MR) is 157 cm³/mol. The van der Waals surface area contributed by atoms with Crippen molar-refractivity contribution in [2.75, 3.05) is 30.1 Å². The Morgan fingerprint density at radius 1 is 1.24 bits per heavy atom. The Bertz CT molecular complexity index is 1370. The number of unbranched alkanes of at least 4 members (excludes halogenated alkanes) is 1. The van der Waals surface area contributed by atoms with Gasteiger partial charge in [0, 0.05) is 17.1 Å². The third-order valence-electron chi connectivity index (χ3n) is 6.51. The summed E-state index contributed by atoms with van der Waals surface area (Å²) in [6, 6.07) is 9.22. The molecule has 0 aliphatic carbocycles. The summed E-state index contributed by atoms with van der Waals surface area (Å²) in [4.78, 5) is 18.7. The molecule has 1 atom stereocenters. The maximum absolute atomic E-state index is 13.9. The molecule has 2 heterocycles. The van der Waals surface area contributed by atoms with Gasteiger partial charge in [0.05, 0.1) is 23.8 Å². The number of benzene rings is 2. The molecule has 1 aromatic heterocycles. The number of carbonyl (C=O) groups is 1. The molecule has 0 fully saturated rings. The Balaban J connectivity index is 1.83. The molecule has 0 spiro atoms. The van der Waals surface area contributed by atoms with Gasteiger partial charge in [-0.2, -0.15) is 4.98 Å². The molecule has 4 rings (SSSR count). The summed E-state index contributed by atoms with van der Waals surface area (Å²) in [5.74, 6) is 2.50. The van der Waals surface area contributed by atoms with Crippen LogP contribution < -0.4 is 20.1 Å². The number of ether oxygens (including phenoxy) is 2. The summed E-state index contributed by atoms with van der Waals surface area (Å²) < 4.78 is 14.0. The van der Waals surface area contributed by atoms with E-state index in [4.69, 9.17) is 19.6 Å². The highest BCUT2D eigenvalue weighted by Crippen LogP contribution is 2.43. The monoisotopic (exact) mass is 599 g/mol. The Morgan fingerprint density at radius 2 is 2.03 bits per heavy atom. The zero-order valence-electron chi connectivity index (χ0n) is 22.6. The first-order valence-electron chi connectivity index (χ1n) is 12.7. The smallest absolute Gasteiger partial charge is 0.255 e. The second-order valence-corrected chi connectivity index (χ2v) is 11.0. The van der Waals surface area contributed by atoms with Gasteiger partial charge in [-0.15, -0.1) is 5.10 Å². The van der Waals surface area contributed by atoms with Crippen LogP contribution in [0.5, 0.6) is 11.5 Å². The number of halogens is 1. The van der Waals surface area contributed by atoms with E-state index in [1.165, 1.54) is 0 Å². The molecular weight excluding hydrogens is 566 g/mol. The lowest BCUT2D eigenvalue weighted by atomic mass is 9.94. The number of hydrogen-bond donors (Lipinski definition) is 2. The highest BCUT2D eigenvalue weighted by atomic mass is 79.9. The van der Waals surface area contributed by atoms with Gasteiger partial charge in [-0.3, -0.25) is 4.79 Å². The average Bonchev–Trinajstić information content (AvgIpc) is 3.28. The van der Waals surface area contributed by atoms with Crippen LogP contribution in [0.2, 0.25) is 0 Å². The number of aromatic nitrogens is 3. The molecule has 1 aliphatic rings. The molecule has 0 saturated carbocycles. The summed E-state index contributed by atoms with van der Waals surface area (Å²) in [5, 5.41) is 12.0. The van der Waals surface area contributed by atoms with E-state index in [9.17, 15) is 4.79 Å². The number of methoxy groups -OCH3 is 1. The molecule has 3 aromatic rings. The van der Waals surface area contributed by atoms with Gasteiger partial charge in [0.2, 0.25) is 11.1 Å². The van der Waals surface area contributed by atoms with Crippen molar-refractivity contribution in [1.82, 2.24) is 14.8 Å². The Morgan fingerprint density at radius 3 is 2.74 bits per heavy atom. The number of fused-ring (bicyclic) bond motifs is 1. The normalized spacial score (nSPS) is 14.7. The van der Waals surface area contributed by atoms with Crippen molar-refractivity contribution in [3.05, 3.63) is 62.8 Å². The number of thioether (sulfide) groups is 1. The van der Waals surface area contributed by atoms with Gasteiger partial charge in [0.25, 0.3) is 5.91 Å². The predicted octanol–water partition coefficient (Wildman–Crippen LogP) is 6.88. The van der Waals surface area contributed by atoms with Crippen LogP contribution in [0.1, 0.15) is 56.3 Å². The van der Waals surface area contributed by atoms with Crippen LogP contribution in [0.4, 0.5) is 11.6 Å². The molecular formula is C28H34BrN5O3S. The lowest BCUT2D eigenvalue weighted by molar-refractivity contribution is -0.113. The standard InChI is InChI=1S/C28H34BrN5O3S/c1-7-9-13-38-28-32-27-30-18(5)23(26(35)31-21-12-10-11-16(3)17(21)4)24(34(27)33-28)19-14-20(29)25(36-6)22(15-19)37-8-2/h10-12,14-15,24H,7-9,13H2,1-6H3,(H,31,35)(H,30,32,33). The van der Waals surface area contributed by atoms with Crippen LogP contribution in [0.3, 0.4) is 0 Å². The molecule has 0 radical (unpaired) electrons. The van der Waals surface area contributed by atoms with Crippen LogP contribution in [0, 0.1) is 13.8 Å². The molecule has 202 valence electrons. The summed E-state index contributed by atoms with van der Waals surface area (Å²) >= 11 is 5.26. The molecule has 1 aliphatic heterocycles. The third kappa shape index (κ3) is 5.71. The molecule has 1 amide bonds. The number of hydrogen-bond acceptors (Lipinski definition) is 7. The number of rotatable bonds is 10. The molecule has 0 saturated heterocycles. The fourth-order valence-corrected chi connectivity index (χ4v) is 5.92. The summed E-state index contributed by atoms with van der Waals surface area (Å²) in [5.41, 5.74) is 5.01. The average molecular weight is 601 g/mol. The lowest BCUT2D eigenvalue weighted by Crippen LogP contribution is -2.31. The quantitative estimate of drug-likeness (QED) is 0.194. The fraction of sp³-hybridized carbons (Fsp3) is 0.393. The van der Waals surface area contributed by atoms with Crippen molar-refractivity contribution in [1.29, 1.82) is 0 Å². The SMILES string of the molecule is CCCCSc1nc2n(n1)C(c1cc(Br)c(OC)c(OCC)c1)C(C(=O)Nc1cccc(C)c1C)=C(C)N2. The zero-order chi connectivity index (χ0) is 27.4. The van der Waals surface area contributed by atoms with Gasteiger partial charge in [0.1, 0.15) is 6.04 Å². The largest absolute Gasteiger partial charge is 0.492 e. The lowest BCUT2D eigenvalue weighted by Gasteiger charge is -2.29. The minimum atomic E-state index is -0.536. The number of anilines is 2. The van der Waals surface area contributed by atoms with Gasteiger partial charge in [-0.1, -0.05) is 37.2 Å². The maximum Gasteiger partial charge on any atom is 0.255 e. The van der Waals surface area contributed by atoms with Crippen molar-refractivity contribution < 1.29 is 14.3 Å². The Kier molecular flexibility index (Phi) is 9.04. The van der Waals surface area contributed by atoms with E-state index < -0.39 is 6.04 Å². The van der Waals surface area contributed by atoms with Crippen molar-refractivity contribution in [2.45, 2.75) is 58.7 Å². The Labute approximate surface area is 236 Å². The molecule has 1 unspecified atom stereocenters. The second-order valence-electron chi connectivity index (χ2n) is 9.10. The molecule has 8 nitrogen and oxygen atoms in total. The van der Waals surface area contributed by atoms with Crippen molar-refractivity contribution in [3.8, 4) is 11.5 Å². The van der Waals surface area contributed by atoms with Gasteiger partial charge < -0.3 is 20.1 Å². The number of nitrogens with zero attached hydrogens (tertiary/aromatic N) is 3. The van der Waals surface area contributed by atoms with E-state index in [1.54, 1.807) is 23.6 Å². The van der Waals surface area contributed by atoms with E-state index >= 15 is 0 Å². The first-order chi connectivity index (χ1) is 18.3. The minimum Gasteiger partial charge on any atom is -0.492 e. The first kappa shape index (κ1) is 28.0. The molecule has 10 heteroatoms. The highest BCUT2D eigenvalue weighted by Gasteiger charge is 2.35. The van der Waals surface area contributed by atoms with Crippen LogP contribution in [0.15, 0.2) is 51.2 Å². The van der Waals surface area contributed by atoms with Crippen LogP contribution >= 0.6 is 27.7 Å². The topological polar surface area (TPSA) is 90.3 Å². The van der Waals surface area contributed by atoms with E-state index in [1.807, 2.05) is 58.0 Å². The van der Waals surface area contributed by atoms with E-state index in [0.717, 1.165) is 45.4 Å². The van der Waals surface area contributed by atoms with E-state index in [-0.39, 0.29) is 5.91 Å². The number of aryl methyl sites for hydroxylation is 1. The van der Waals surface area contributed by atoms with Crippen LogP contribution in [-0.2, 0) is 4.79 Å². The zero-order valence-corrected chi connectivity index (χ0v) is 25.0. The van der Waals surface area contributed by atoms with E-state index in [0.29, 0.717) is 40.5 Å². The Hall–Kier alpha value is -2.98. The first-order valence-corrected chi connectivity index (χ1v) is 14.5. The molecule has 2 aromatic carbocycles. The maximum atomic E-state index is 13.9. The molecule has 2 N–H and O–H groups in total. The number of allylic oxidation sites excluding steroid dienone is 1. The van der Waals surface area contributed by atoms with Crippen LogP contribution in [0.25, 0.3) is 0 Å². The van der Waals surface area contributed by atoms with Gasteiger partial charge >= 0.3 is 0 Å². The van der Waals surface area contributed by atoms with Crippen molar-refractivity contribution in [3.63, 3.8) is 0 Å². The van der Waals surface area contributed by atoms with Gasteiger partial charge in [-0.25, -0.2) is 4.68 Å². The second kappa shape index (κ2) is 12.3. The summed E-state index contributed by atoms with van der Waals surface area (Å²) in [6.07, 6.45) is 2.18. The van der Waals surface area contributed by atoms with E-state index in [2.05, 4.69) is 33.5 Å². The third-order valence-corrected chi connectivity index (χ3v) is 8.02. The fourth-order valence-electron chi connectivity index (χ4n) is 4.39. The summed E-state index contributed by atoms with van der Waals surface area (Å²) in [6.45, 7) is 10.5. The number of nitrogens with one attached hydrogen (secondary N) is 2.